The first kappa shape index (κ1) is 19.9. The average molecular weight is 399 g/mol. The summed E-state index contributed by atoms with van der Waals surface area (Å²) in [6, 6.07) is 28.2. The number of hydrogen-bond acceptors (Lipinski definition) is 2. The van der Waals surface area contributed by atoms with Crippen molar-refractivity contribution >= 4 is 17.5 Å². The topological polar surface area (TPSA) is 49.4 Å². The zero-order valence-corrected chi connectivity index (χ0v) is 17.0. The third-order valence-corrected chi connectivity index (χ3v) is 5.60. The van der Waals surface area contributed by atoms with Gasteiger partial charge in [0.05, 0.1) is 0 Å². The summed E-state index contributed by atoms with van der Waals surface area (Å²) in [5.74, 6) is -0.878. The number of benzene rings is 3. The molecule has 4 heteroatoms. The van der Waals surface area contributed by atoms with Crippen molar-refractivity contribution in [2.45, 2.75) is 19.3 Å². The Balaban J connectivity index is 1.40. The van der Waals surface area contributed by atoms with E-state index < -0.39 is 5.92 Å². The predicted octanol–water partition coefficient (Wildman–Crippen LogP) is 3.99. The highest BCUT2D eigenvalue weighted by molar-refractivity contribution is 6.09. The van der Waals surface area contributed by atoms with Crippen molar-refractivity contribution in [3.05, 3.63) is 102 Å². The summed E-state index contributed by atoms with van der Waals surface area (Å²) < 4.78 is 0. The molecule has 152 valence electrons. The molecule has 1 saturated heterocycles. The molecule has 0 aliphatic carbocycles. The minimum atomic E-state index is -0.606. The lowest BCUT2D eigenvalue weighted by atomic mass is 10.0. The molecule has 3 aromatic carbocycles. The van der Waals surface area contributed by atoms with Crippen LogP contribution in [0.4, 0.5) is 5.69 Å². The van der Waals surface area contributed by atoms with Crippen LogP contribution in [0.2, 0.25) is 0 Å². The van der Waals surface area contributed by atoms with Gasteiger partial charge in [-0.3, -0.25) is 9.59 Å². The van der Waals surface area contributed by atoms with Gasteiger partial charge >= 0.3 is 0 Å². The number of carbonyl (C=O) groups excluding carboxylic acids is 2. The second kappa shape index (κ2) is 9.40. The Morgan fingerprint density at radius 2 is 1.50 bits per heavy atom. The molecule has 1 heterocycles. The maximum atomic E-state index is 13.1. The lowest BCUT2D eigenvalue weighted by molar-refractivity contribution is -0.132. The zero-order valence-electron chi connectivity index (χ0n) is 17.0. The first-order valence-electron chi connectivity index (χ1n) is 10.5. The summed E-state index contributed by atoms with van der Waals surface area (Å²) in [5.41, 5.74) is 4.38. The monoisotopic (exact) mass is 398 g/mol. The van der Waals surface area contributed by atoms with Crippen molar-refractivity contribution in [2.75, 3.05) is 18.0 Å². The lowest BCUT2D eigenvalue weighted by Gasteiger charge is -2.20. The van der Waals surface area contributed by atoms with E-state index in [1.807, 2.05) is 66.7 Å². The lowest BCUT2D eigenvalue weighted by Crippen LogP contribution is -2.37. The van der Waals surface area contributed by atoms with E-state index >= 15 is 0 Å². The van der Waals surface area contributed by atoms with Crippen LogP contribution in [-0.2, 0) is 22.4 Å². The molecular formula is C26H26N2O2. The molecule has 0 radical (unpaired) electrons. The van der Waals surface area contributed by atoms with Crippen LogP contribution in [0, 0.1) is 5.92 Å². The highest BCUT2D eigenvalue weighted by Crippen LogP contribution is 2.29. The van der Waals surface area contributed by atoms with E-state index in [1.54, 1.807) is 4.90 Å². The molecule has 0 aromatic heterocycles. The fourth-order valence-electron chi connectivity index (χ4n) is 4.00. The molecule has 0 bridgehead atoms. The SMILES string of the molecule is O=C(NCCc1ccccc1)[C@@H]1CCN(c2ccccc2Cc2ccccc2)C1=O. The molecule has 1 aliphatic heterocycles. The molecule has 4 nitrogen and oxygen atoms in total. The summed E-state index contributed by atoms with van der Waals surface area (Å²) in [6.07, 6.45) is 2.07. The molecule has 30 heavy (non-hydrogen) atoms. The van der Waals surface area contributed by atoms with Crippen LogP contribution in [0.1, 0.15) is 23.1 Å². The van der Waals surface area contributed by atoms with Gasteiger partial charge in [0.15, 0.2) is 0 Å². The van der Waals surface area contributed by atoms with Crippen molar-refractivity contribution in [1.82, 2.24) is 5.32 Å². The first-order chi connectivity index (χ1) is 14.7. The number of amides is 2. The molecule has 1 atom stereocenters. The Hall–Kier alpha value is -3.40. The highest BCUT2D eigenvalue weighted by Gasteiger charge is 2.38. The number of anilines is 1. The normalized spacial score (nSPS) is 15.9. The fourth-order valence-corrected chi connectivity index (χ4v) is 4.00. The van der Waals surface area contributed by atoms with Gasteiger partial charge in [-0.05, 0) is 42.0 Å². The van der Waals surface area contributed by atoms with E-state index in [9.17, 15) is 9.59 Å². The second-order valence-corrected chi connectivity index (χ2v) is 7.65. The van der Waals surface area contributed by atoms with Gasteiger partial charge in [-0.1, -0.05) is 78.9 Å². The van der Waals surface area contributed by atoms with Gasteiger partial charge in [-0.25, -0.2) is 0 Å². The Morgan fingerprint density at radius 1 is 0.867 bits per heavy atom. The van der Waals surface area contributed by atoms with Crippen LogP contribution in [0.3, 0.4) is 0 Å². The van der Waals surface area contributed by atoms with Crippen LogP contribution in [0.5, 0.6) is 0 Å². The van der Waals surface area contributed by atoms with E-state index in [0.29, 0.717) is 19.5 Å². The second-order valence-electron chi connectivity index (χ2n) is 7.65. The summed E-state index contributed by atoms with van der Waals surface area (Å²) in [4.78, 5) is 27.5. The molecule has 1 aliphatic rings. The molecule has 1 fully saturated rings. The van der Waals surface area contributed by atoms with Crippen molar-refractivity contribution in [2.24, 2.45) is 5.92 Å². The van der Waals surface area contributed by atoms with Crippen LogP contribution in [0.25, 0.3) is 0 Å². The Bertz CT molecular complexity index is 1000. The number of carbonyl (C=O) groups is 2. The van der Waals surface area contributed by atoms with Crippen molar-refractivity contribution < 1.29 is 9.59 Å². The van der Waals surface area contributed by atoms with Gasteiger partial charge in [0.25, 0.3) is 0 Å². The van der Waals surface area contributed by atoms with E-state index in [-0.39, 0.29) is 11.8 Å². The maximum absolute atomic E-state index is 13.1. The first-order valence-corrected chi connectivity index (χ1v) is 10.5. The smallest absolute Gasteiger partial charge is 0.239 e. The molecule has 0 spiro atoms. The average Bonchev–Trinajstić information content (AvgIpc) is 3.17. The van der Waals surface area contributed by atoms with Crippen LogP contribution < -0.4 is 10.2 Å². The highest BCUT2D eigenvalue weighted by atomic mass is 16.2. The molecule has 4 rings (SSSR count). The number of nitrogens with one attached hydrogen (secondary N) is 1. The fraction of sp³-hybridized carbons (Fsp3) is 0.231. The van der Waals surface area contributed by atoms with Crippen LogP contribution in [0.15, 0.2) is 84.9 Å². The number of rotatable bonds is 7. The number of hydrogen-bond donors (Lipinski definition) is 1. The third kappa shape index (κ3) is 4.60. The van der Waals surface area contributed by atoms with Crippen molar-refractivity contribution in [1.29, 1.82) is 0 Å². The Labute approximate surface area is 177 Å². The van der Waals surface area contributed by atoms with Gasteiger partial charge in [0, 0.05) is 18.8 Å². The standard InChI is InChI=1S/C26H26N2O2/c29-25(27-17-15-20-9-3-1-4-10-20)23-16-18-28(26(23)30)24-14-8-7-13-22(24)19-21-11-5-2-6-12-21/h1-14,23H,15-19H2,(H,27,29)/t23-/m0/s1. The largest absolute Gasteiger partial charge is 0.355 e. The summed E-state index contributed by atoms with van der Waals surface area (Å²) in [7, 11) is 0. The summed E-state index contributed by atoms with van der Waals surface area (Å²) in [6.45, 7) is 1.11. The zero-order chi connectivity index (χ0) is 20.8. The quantitative estimate of drug-likeness (QED) is 0.612. The molecular weight excluding hydrogens is 372 g/mol. The van der Waals surface area contributed by atoms with E-state index in [0.717, 1.165) is 24.1 Å². The predicted molar refractivity (Wildman–Crippen MR) is 119 cm³/mol. The third-order valence-electron chi connectivity index (χ3n) is 5.60. The Kier molecular flexibility index (Phi) is 6.23. The molecule has 1 N–H and O–H groups in total. The minimum Gasteiger partial charge on any atom is -0.355 e. The molecule has 3 aromatic rings. The van der Waals surface area contributed by atoms with E-state index in [4.69, 9.17) is 0 Å². The van der Waals surface area contributed by atoms with Crippen molar-refractivity contribution in [3.63, 3.8) is 0 Å². The molecule has 0 unspecified atom stereocenters. The van der Waals surface area contributed by atoms with Gasteiger partial charge in [-0.15, -0.1) is 0 Å². The molecule has 0 saturated carbocycles. The van der Waals surface area contributed by atoms with Crippen LogP contribution in [-0.4, -0.2) is 24.9 Å². The van der Waals surface area contributed by atoms with Gasteiger partial charge in [-0.2, -0.15) is 0 Å². The van der Waals surface area contributed by atoms with Gasteiger partial charge in [0.1, 0.15) is 5.92 Å². The number of nitrogens with zero attached hydrogens (tertiary/aromatic N) is 1. The number of para-hydroxylation sites is 1. The summed E-state index contributed by atoms with van der Waals surface area (Å²) in [5, 5.41) is 2.94. The molecule has 2 amide bonds. The summed E-state index contributed by atoms with van der Waals surface area (Å²) >= 11 is 0. The Morgan fingerprint density at radius 3 is 2.23 bits per heavy atom. The van der Waals surface area contributed by atoms with E-state index in [1.165, 1.54) is 11.1 Å². The van der Waals surface area contributed by atoms with Crippen molar-refractivity contribution in [3.8, 4) is 0 Å². The minimum absolute atomic E-state index is 0.104. The van der Waals surface area contributed by atoms with Crippen LogP contribution >= 0.6 is 0 Å². The van der Waals surface area contributed by atoms with Gasteiger partial charge < -0.3 is 10.2 Å². The van der Waals surface area contributed by atoms with E-state index in [2.05, 4.69) is 23.5 Å². The maximum Gasteiger partial charge on any atom is 0.239 e. The van der Waals surface area contributed by atoms with Gasteiger partial charge in [0.2, 0.25) is 11.8 Å².